The van der Waals surface area contributed by atoms with E-state index in [4.69, 9.17) is 25.2 Å². The van der Waals surface area contributed by atoms with E-state index >= 15 is 0 Å². The van der Waals surface area contributed by atoms with Crippen LogP contribution >= 0.6 is 0 Å². The van der Waals surface area contributed by atoms with Crippen LogP contribution in [0.5, 0.6) is 11.5 Å². The Kier molecular flexibility index (Phi) is 12.2. The molecule has 1 amide bonds. The Morgan fingerprint density at radius 3 is 2.14 bits per heavy atom. The molecule has 1 saturated heterocycles. The van der Waals surface area contributed by atoms with Crippen molar-refractivity contribution in [2.75, 3.05) is 20.2 Å². The summed E-state index contributed by atoms with van der Waals surface area (Å²) in [5.74, 6) is -4.89. The molecule has 0 aliphatic carbocycles. The van der Waals surface area contributed by atoms with Crippen LogP contribution in [0.25, 0.3) is 0 Å². The number of carbonyl (C=O) groups is 4. The Morgan fingerprint density at radius 1 is 1.09 bits per heavy atom. The number of benzene rings is 2. The third-order valence-corrected chi connectivity index (χ3v) is 7.00. The molecular weight excluding hydrogens is 567 g/mol. The first-order valence-electron chi connectivity index (χ1n) is 13.3. The number of phenolic OH excluding ortho intramolecular Hbond substituents is 1. The lowest BCUT2D eigenvalue weighted by Gasteiger charge is -2.42. The van der Waals surface area contributed by atoms with E-state index in [1.165, 1.54) is 20.1 Å². The molecule has 0 atom stereocenters. The van der Waals surface area contributed by atoms with Gasteiger partial charge in [-0.2, -0.15) is 0 Å². The minimum atomic E-state index is -2.74. The van der Waals surface area contributed by atoms with E-state index in [9.17, 15) is 28.7 Å². The highest BCUT2D eigenvalue weighted by atomic mass is 19.1. The quantitative estimate of drug-likeness (QED) is 0.195. The van der Waals surface area contributed by atoms with Gasteiger partial charge in [-0.3, -0.25) is 19.3 Å². The molecule has 1 fully saturated rings. The number of halogens is 1. The number of phenols is 1. The van der Waals surface area contributed by atoms with Crippen molar-refractivity contribution in [3.63, 3.8) is 0 Å². The maximum absolute atomic E-state index is 14.5. The summed E-state index contributed by atoms with van der Waals surface area (Å²) in [5, 5.41) is 47.1. The Labute approximate surface area is 248 Å². The van der Waals surface area contributed by atoms with E-state index in [0.29, 0.717) is 50.2 Å². The number of nitrogens with one attached hydrogen (secondary N) is 1. The van der Waals surface area contributed by atoms with Crippen LogP contribution < -0.4 is 10.1 Å². The molecule has 2 aromatic carbocycles. The van der Waals surface area contributed by atoms with E-state index in [1.54, 1.807) is 24.3 Å². The zero-order chi connectivity index (χ0) is 32.4. The number of aromatic hydroxyl groups is 1. The molecule has 43 heavy (non-hydrogen) atoms. The van der Waals surface area contributed by atoms with Gasteiger partial charge in [-0.1, -0.05) is 30.3 Å². The average molecular weight is 605 g/mol. The predicted octanol–water partition coefficient (Wildman–Crippen LogP) is 2.65. The van der Waals surface area contributed by atoms with Crippen LogP contribution in [0.1, 0.15) is 49.3 Å². The van der Waals surface area contributed by atoms with Crippen LogP contribution in [0, 0.1) is 5.82 Å². The number of carboxylic acid groups (broad SMARTS) is 3. The summed E-state index contributed by atoms with van der Waals surface area (Å²) in [6.07, 6.45) is 1.23. The van der Waals surface area contributed by atoms with Crippen molar-refractivity contribution in [2.45, 2.75) is 56.7 Å². The number of piperidine rings is 1. The fraction of sp³-hybridized carbons (Fsp3) is 0.400. The lowest BCUT2D eigenvalue weighted by Crippen LogP contribution is -2.52. The van der Waals surface area contributed by atoms with Crippen molar-refractivity contribution < 1.29 is 53.8 Å². The van der Waals surface area contributed by atoms with E-state index < -0.39 is 41.9 Å². The number of ether oxygens (including phenoxy) is 1. The number of amides is 1. The van der Waals surface area contributed by atoms with E-state index in [2.05, 4.69) is 16.8 Å². The maximum atomic E-state index is 14.5. The largest absolute Gasteiger partial charge is 0.504 e. The van der Waals surface area contributed by atoms with Gasteiger partial charge in [-0.05, 0) is 37.0 Å². The average Bonchev–Trinajstić information content (AvgIpc) is 2.91. The van der Waals surface area contributed by atoms with Gasteiger partial charge in [0.25, 0.3) is 0 Å². The standard InChI is InChI=1S/C24H29FN2O3.C6H8O7/c1-4-7-19-14-18(15-22(30-3)23(19)29)16-27-12-10-24(11-13-27,26-17(2)28)20-8-5-6-9-21(20)25;7-3(8)1-6(13,5(11)12)2-4(9)10/h4-6,8-9,14-15,29H,1,7,10-13,16H2,2-3H3,(H,26,28);13H,1-2H2,(H,7,8)(H,9,10)(H,11,12). The van der Waals surface area contributed by atoms with Crippen LogP contribution in [0.3, 0.4) is 0 Å². The molecule has 1 aliphatic rings. The number of likely N-dealkylation sites (tertiary alicyclic amines) is 1. The molecule has 0 radical (unpaired) electrons. The van der Waals surface area contributed by atoms with E-state index in [0.717, 1.165) is 11.1 Å². The second kappa shape index (κ2) is 15.1. The van der Waals surface area contributed by atoms with Gasteiger partial charge >= 0.3 is 17.9 Å². The first-order valence-corrected chi connectivity index (χ1v) is 13.3. The van der Waals surface area contributed by atoms with E-state index in [1.807, 2.05) is 12.1 Å². The molecule has 0 aromatic heterocycles. The third-order valence-electron chi connectivity index (χ3n) is 7.00. The number of nitrogens with zero attached hydrogens (tertiary/aromatic N) is 1. The lowest BCUT2D eigenvalue weighted by molar-refractivity contribution is -0.170. The van der Waals surface area contributed by atoms with Crippen molar-refractivity contribution >= 4 is 23.8 Å². The lowest BCUT2D eigenvalue weighted by atomic mass is 9.80. The minimum absolute atomic E-state index is 0.143. The highest BCUT2D eigenvalue weighted by Gasteiger charge is 2.41. The molecule has 0 spiro atoms. The van der Waals surface area contributed by atoms with Gasteiger partial charge in [0.2, 0.25) is 5.91 Å². The molecule has 1 heterocycles. The second-order valence-electron chi connectivity index (χ2n) is 10.3. The zero-order valence-corrected chi connectivity index (χ0v) is 24.0. The summed E-state index contributed by atoms with van der Waals surface area (Å²) in [6.45, 7) is 7.30. The Hall–Kier alpha value is -4.49. The highest BCUT2D eigenvalue weighted by Crippen LogP contribution is 2.36. The summed E-state index contributed by atoms with van der Waals surface area (Å²) in [6, 6.07) is 10.5. The summed E-state index contributed by atoms with van der Waals surface area (Å²) in [4.78, 5) is 44.6. The molecular formula is C30H37FN2O10. The van der Waals surface area contributed by atoms with Gasteiger partial charge in [-0.15, -0.1) is 6.58 Å². The van der Waals surface area contributed by atoms with Gasteiger partial charge in [0.05, 0.1) is 25.5 Å². The van der Waals surface area contributed by atoms with Crippen LogP contribution in [0.15, 0.2) is 49.1 Å². The van der Waals surface area contributed by atoms with Crippen molar-refractivity contribution in [1.82, 2.24) is 10.2 Å². The second-order valence-corrected chi connectivity index (χ2v) is 10.3. The molecule has 2 aromatic rings. The number of carbonyl (C=O) groups excluding carboxylic acids is 1. The maximum Gasteiger partial charge on any atom is 0.336 e. The molecule has 1 aliphatic heterocycles. The topological polar surface area (TPSA) is 194 Å². The number of aliphatic carboxylic acids is 3. The van der Waals surface area contributed by atoms with Gasteiger partial charge in [-0.25, -0.2) is 9.18 Å². The van der Waals surface area contributed by atoms with Crippen molar-refractivity contribution in [3.05, 3.63) is 71.6 Å². The zero-order valence-electron chi connectivity index (χ0n) is 24.0. The fourth-order valence-electron chi connectivity index (χ4n) is 5.00. The van der Waals surface area contributed by atoms with Crippen LogP contribution in [-0.2, 0) is 37.7 Å². The summed E-state index contributed by atoms with van der Waals surface area (Å²) >= 11 is 0. The van der Waals surface area contributed by atoms with Gasteiger partial charge < -0.3 is 35.6 Å². The monoisotopic (exact) mass is 604 g/mol. The SMILES string of the molecule is C=CCc1cc(CN2CCC(NC(C)=O)(c3ccccc3F)CC2)cc(OC)c1O.O=C(O)CC(O)(CC(=O)O)C(=O)O. The number of hydrogen-bond donors (Lipinski definition) is 6. The molecule has 3 rings (SSSR count). The fourth-order valence-corrected chi connectivity index (χ4v) is 5.00. The molecule has 6 N–H and O–H groups in total. The highest BCUT2D eigenvalue weighted by molar-refractivity contribution is 5.88. The number of allylic oxidation sites excluding steroid dienone is 1. The number of aliphatic hydroxyl groups is 1. The summed E-state index contributed by atoms with van der Waals surface area (Å²) in [7, 11) is 1.54. The number of hydrogen-bond acceptors (Lipinski definition) is 8. The summed E-state index contributed by atoms with van der Waals surface area (Å²) < 4.78 is 19.9. The summed E-state index contributed by atoms with van der Waals surface area (Å²) in [5.41, 5.74) is -1.10. The van der Waals surface area contributed by atoms with Crippen LogP contribution in [-0.4, -0.2) is 80.0 Å². The van der Waals surface area contributed by atoms with Crippen LogP contribution in [0.2, 0.25) is 0 Å². The first-order chi connectivity index (χ1) is 20.2. The van der Waals surface area contributed by atoms with Crippen LogP contribution in [0.4, 0.5) is 4.39 Å². The molecule has 0 saturated carbocycles. The number of carboxylic acids is 3. The Balaban J connectivity index is 0.000000420. The number of methoxy groups -OCH3 is 1. The minimum Gasteiger partial charge on any atom is -0.504 e. The van der Waals surface area contributed by atoms with Gasteiger partial charge in [0, 0.05) is 37.7 Å². The Bertz CT molecular complexity index is 1320. The van der Waals surface area contributed by atoms with Crippen molar-refractivity contribution in [2.24, 2.45) is 0 Å². The normalized spacial score (nSPS) is 14.5. The third kappa shape index (κ3) is 9.51. The smallest absolute Gasteiger partial charge is 0.336 e. The molecule has 12 nitrogen and oxygen atoms in total. The molecule has 0 unspecified atom stereocenters. The van der Waals surface area contributed by atoms with Gasteiger partial charge in [0.15, 0.2) is 17.1 Å². The predicted molar refractivity (Wildman–Crippen MR) is 152 cm³/mol. The van der Waals surface area contributed by atoms with Gasteiger partial charge in [0.1, 0.15) is 5.82 Å². The molecule has 13 heteroatoms. The van der Waals surface area contributed by atoms with E-state index in [-0.39, 0.29) is 17.5 Å². The molecule has 0 bridgehead atoms. The first kappa shape index (κ1) is 34.7. The Morgan fingerprint density at radius 2 is 1.67 bits per heavy atom. The van der Waals surface area contributed by atoms with Crippen molar-refractivity contribution in [3.8, 4) is 11.5 Å². The molecule has 234 valence electrons. The number of rotatable bonds is 12. The van der Waals surface area contributed by atoms with Crippen molar-refractivity contribution in [1.29, 1.82) is 0 Å².